The number of nitrogens with one attached hydrogen (secondary N) is 1. The Morgan fingerprint density at radius 1 is 1.26 bits per heavy atom. The zero-order valence-corrected chi connectivity index (χ0v) is 17.0. The number of alkyl carbamates (subject to hydrolysis) is 1. The highest BCUT2D eigenvalue weighted by Gasteiger charge is 2.25. The topological polar surface area (TPSA) is 71.0 Å². The van der Waals surface area contributed by atoms with Crippen LogP contribution in [0.2, 0.25) is 0 Å². The third-order valence-corrected chi connectivity index (χ3v) is 4.87. The van der Waals surface area contributed by atoms with Gasteiger partial charge in [0.1, 0.15) is 0 Å². The molecule has 0 heterocycles. The van der Waals surface area contributed by atoms with Crippen LogP contribution in [0.25, 0.3) is 0 Å². The molecule has 0 saturated heterocycles. The Labute approximate surface area is 164 Å². The second-order valence-electron chi connectivity index (χ2n) is 6.08. The fourth-order valence-electron chi connectivity index (χ4n) is 2.76. The second kappa shape index (κ2) is 8.86. The van der Waals surface area contributed by atoms with Crippen LogP contribution in [-0.2, 0) is 9.53 Å². The average Bonchev–Trinajstić information content (AvgIpc) is 2.66. The minimum atomic E-state index is -0.738. The van der Waals surface area contributed by atoms with Gasteiger partial charge in [-0.1, -0.05) is 11.6 Å². The van der Waals surface area contributed by atoms with Crippen molar-refractivity contribution in [1.82, 2.24) is 5.32 Å². The van der Waals surface area contributed by atoms with Crippen LogP contribution in [0, 0.1) is 6.92 Å². The Morgan fingerprint density at radius 2 is 1.93 bits per heavy atom. The number of rotatable bonds is 5. The largest absolute Gasteiger partial charge is 0.453 e. The average molecular weight is 390 g/mol. The van der Waals surface area contributed by atoms with E-state index in [1.165, 1.54) is 13.2 Å². The van der Waals surface area contributed by atoms with E-state index in [4.69, 9.17) is 11.6 Å². The lowest BCUT2D eigenvalue weighted by molar-refractivity contribution is -0.112. The number of benzene rings is 1. The number of amides is 1. The predicted octanol–water partition coefficient (Wildman–Crippen LogP) is 4.25. The molecule has 0 saturated carbocycles. The molecule has 0 bridgehead atoms. The Bertz CT molecular complexity index is 852. The summed E-state index contributed by atoms with van der Waals surface area (Å²) in [6, 6.07) is 6.04. The molecule has 1 aliphatic carbocycles. The zero-order chi connectivity index (χ0) is 20.1. The number of Topliss-reactive ketones (excluding diaryl/α,β-unsaturated/α-hetero) is 1. The first-order valence-corrected chi connectivity index (χ1v) is 9.12. The van der Waals surface area contributed by atoms with E-state index in [9.17, 15) is 9.59 Å². The van der Waals surface area contributed by atoms with Gasteiger partial charge in [-0.05, 0) is 63.1 Å². The fraction of sp³-hybridized carbons (Fsp3) is 0.350. The lowest BCUT2D eigenvalue weighted by Crippen LogP contribution is -2.30. The van der Waals surface area contributed by atoms with E-state index in [0.29, 0.717) is 11.3 Å². The van der Waals surface area contributed by atoms with Gasteiger partial charge in [0.2, 0.25) is 5.78 Å². The number of hydrogen-bond acceptors (Lipinski definition) is 5. The van der Waals surface area contributed by atoms with Crippen molar-refractivity contribution in [2.24, 2.45) is 4.99 Å². The molecule has 0 atom stereocenters. The van der Waals surface area contributed by atoms with Crippen LogP contribution in [0.4, 0.5) is 16.2 Å². The van der Waals surface area contributed by atoms with Crippen LogP contribution < -0.4 is 10.2 Å². The molecular formula is C20H24ClN3O3. The molecule has 2 rings (SSSR count). The number of aryl methyl sites for hydroxylation is 1. The highest BCUT2D eigenvalue weighted by Crippen LogP contribution is 2.28. The monoisotopic (exact) mass is 389 g/mol. The maximum Gasteiger partial charge on any atom is 0.411 e. The van der Waals surface area contributed by atoms with Crippen molar-refractivity contribution in [3.63, 3.8) is 0 Å². The molecule has 0 fully saturated rings. The van der Waals surface area contributed by atoms with E-state index in [0.717, 1.165) is 30.0 Å². The lowest BCUT2D eigenvalue weighted by atomic mass is 10.0. The quantitative estimate of drug-likeness (QED) is 0.764. The SMILES string of the molecule is CCN(CC)c1ccc(/N=C2\C=C(NC(=O)OC)C(=O)C(Cl)=C2C)c(C)c1. The highest BCUT2D eigenvalue weighted by molar-refractivity contribution is 6.49. The molecule has 0 spiro atoms. The molecule has 0 radical (unpaired) electrons. The van der Waals surface area contributed by atoms with Crippen LogP contribution in [-0.4, -0.2) is 37.8 Å². The summed E-state index contributed by atoms with van der Waals surface area (Å²) in [4.78, 5) is 30.6. The molecule has 1 aliphatic rings. The maximum absolute atomic E-state index is 12.2. The summed E-state index contributed by atoms with van der Waals surface area (Å²) >= 11 is 6.15. The number of anilines is 1. The van der Waals surface area contributed by atoms with Crippen molar-refractivity contribution in [3.8, 4) is 0 Å². The van der Waals surface area contributed by atoms with Crippen LogP contribution in [0.1, 0.15) is 26.3 Å². The number of hydrogen-bond donors (Lipinski definition) is 1. The second-order valence-corrected chi connectivity index (χ2v) is 6.46. The van der Waals surface area contributed by atoms with Crippen LogP contribution >= 0.6 is 11.6 Å². The standard InChI is InChI=1S/C20H24ClN3O3/c1-6-24(7-2)14-8-9-15(12(3)10-14)22-16-11-17(23-20(26)27-5)19(25)18(21)13(16)4/h8-11H,6-7H2,1-5H3,(H,23,26)/b22-16+. The predicted molar refractivity (Wildman–Crippen MR) is 109 cm³/mol. The third kappa shape index (κ3) is 4.57. The molecule has 1 amide bonds. The number of carbonyl (C=O) groups excluding carboxylic acids is 2. The Balaban J connectivity index is 2.43. The summed E-state index contributed by atoms with van der Waals surface area (Å²) in [5.41, 5.74) is 4.02. The molecule has 144 valence electrons. The van der Waals surface area contributed by atoms with Crippen LogP contribution in [0.15, 0.2) is 45.6 Å². The van der Waals surface area contributed by atoms with Gasteiger partial charge in [0.25, 0.3) is 0 Å². The zero-order valence-electron chi connectivity index (χ0n) is 16.2. The number of halogens is 1. The Morgan fingerprint density at radius 3 is 2.48 bits per heavy atom. The number of ether oxygens (including phenoxy) is 1. The van der Waals surface area contributed by atoms with Gasteiger partial charge in [-0.3, -0.25) is 10.1 Å². The van der Waals surface area contributed by atoms with Crippen LogP contribution in [0.5, 0.6) is 0 Å². The van der Waals surface area contributed by atoms with Gasteiger partial charge < -0.3 is 9.64 Å². The van der Waals surface area contributed by atoms with Gasteiger partial charge in [0.15, 0.2) is 0 Å². The highest BCUT2D eigenvalue weighted by atomic mass is 35.5. The summed E-state index contributed by atoms with van der Waals surface area (Å²) in [5.74, 6) is -0.466. The van der Waals surface area contributed by atoms with E-state index < -0.39 is 11.9 Å². The van der Waals surface area contributed by atoms with Gasteiger partial charge in [0.05, 0.1) is 29.2 Å². The Hall–Kier alpha value is -2.60. The first-order valence-electron chi connectivity index (χ1n) is 8.74. The first-order chi connectivity index (χ1) is 12.8. The molecule has 1 N–H and O–H groups in total. The fourth-order valence-corrected chi connectivity index (χ4v) is 2.96. The lowest BCUT2D eigenvalue weighted by Gasteiger charge is -2.22. The number of aliphatic imine (C=N–C) groups is 1. The number of methoxy groups -OCH3 is 1. The number of carbonyl (C=O) groups is 2. The number of allylic oxidation sites excluding steroid dienone is 3. The van der Waals surface area contributed by atoms with Crippen molar-refractivity contribution in [3.05, 3.63) is 46.1 Å². The third-order valence-electron chi connectivity index (χ3n) is 4.41. The van der Waals surface area contributed by atoms with E-state index in [2.05, 4.69) is 39.9 Å². The van der Waals surface area contributed by atoms with Crippen molar-refractivity contribution in [1.29, 1.82) is 0 Å². The van der Waals surface area contributed by atoms with Gasteiger partial charge in [-0.25, -0.2) is 9.79 Å². The van der Waals surface area contributed by atoms with E-state index in [1.54, 1.807) is 6.92 Å². The van der Waals surface area contributed by atoms with Crippen molar-refractivity contribution in [2.75, 3.05) is 25.1 Å². The summed E-state index contributed by atoms with van der Waals surface area (Å²) in [6.45, 7) is 9.79. The summed E-state index contributed by atoms with van der Waals surface area (Å²) in [7, 11) is 1.22. The molecule has 0 unspecified atom stereocenters. The Kier molecular flexibility index (Phi) is 6.80. The van der Waals surface area contributed by atoms with Gasteiger partial charge in [0, 0.05) is 18.8 Å². The number of nitrogens with zero attached hydrogens (tertiary/aromatic N) is 2. The minimum Gasteiger partial charge on any atom is -0.453 e. The molecule has 1 aromatic carbocycles. The molecule has 27 heavy (non-hydrogen) atoms. The van der Waals surface area contributed by atoms with E-state index in [-0.39, 0.29) is 10.7 Å². The van der Waals surface area contributed by atoms with E-state index >= 15 is 0 Å². The summed E-state index contributed by atoms with van der Waals surface area (Å²) in [6.07, 6.45) is 0.774. The van der Waals surface area contributed by atoms with E-state index in [1.807, 2.05) is 19.1 Å². The first kappa shape index (κ1) is 20.7. The molecule has 0 aliphatic heterocycles. The van der Waals surface area contributed by atoms with Gasteiger partial charge >= 0.3 is 6.09 Å². The molecule has 7 heteroatoms. The molecule has 1 aromatic rings. The summed E-state index contributed by atoms with van der Waals surface area (Å²) < 4.78 is 4.55. The van der Waals surface area contributed by atoms with Crippen molar-refractivity contribution >= 4 is 40.6 Å². The van der Waals surface area contributed by atoms with Crippen molar-refractivity contribution < 1.29 is 14.3 Å². The molecular weight excluding hydrogens is 366 g/mol. The normalized spacial score (nSPS) is 15.7. The van der Waals surface area contributed by atoms with Crippen LogP contribution in [0.3, 0.4) is 0 Å². The van der Waals surface area contributed by atoms with Gasteiger partial charge in [-0.2, -0.15) is 0 Å². The minimum absolute atomic E-state index is 0.0278. The maximum atomic E-state index is 12.2. The summed E-state index contributed by atoms with van der Waals surface area (Å²) in [5, 5.41) is 2.41. The smallest absolute Gasteiger partial charge is 0.411 e. The van der Waals surface area contributed by atoms with Crippen molar-refractivity contribution in [2.45, 2.75) is 27.7 Å². The molecule has 0 aromatic heterocycles. The molecule has 6 nitrogen and oxygen atoms in total. The van der Waals surface area contributed by atoms with Gasteiger partial charge in [-0.15, -0.1) is 0 Å². The number of ketones is 1.